The first-order chi connectivity index (χ1) is 9.82. The fraction of sp³-hybridized carbons (Fsp3) is 0.600. The number of ether oxygens (including phenoxy) is 1. The standard InChI is InChI=1S/C15H24N2O3S/c1-15(2,11-20-3)17-21(18,19)14-6-4-5-12(9-14)10-16-13-7-8-13/h4-6,9,13,16-17H,7-8,10-11H2,1-3H3. The summed E-state index contributed by atoms with van der Waals surface area (Å²) in [5.41, 5.74) is 0.338. The second-order valence-corrected chi connectivity index (χ2v) is 7.91. The van der Waals surface area contributed by atoms with Crippen LogP contribution in [0, 0.1) is 0 Å². The zero-order chi connectivity index (χ0) is 15.5. The predicted octanol–water partition coefficient (Wildman–Crippen LogP) is 1.64. The monoisotopic (exact) mass is 312 g/mol. The van der Waals surface area contributed by atoms with Gasteiger partial charge in [-0.1, -0.05) is 12.1 Å². The Bertz CT molecular complexity index is 580. The topological polar surface area (TPSA) is 67.4 Å². The molecule has 0 aromatic heterocycles. The van der Waals surface area contributed by atoms with Gasteiger partial charge in [-0.05, 0) is 44.4 Å². The molecule has 1 aromatic rings. The molecule has 0 amide bonds. The lowest BCUT2D eigenvalue weighted by atomic mass is 10.1. The number of benzene rings is 1. The lowest BCUT2D eigenvalue weighted by Gasteiger charge is -2.25. The normalized spacial score (nSPS) is 16.1. The van der Waals surface area contributed by atoms with E-state index in [-0.39, 0.29) is 0 Å². The van der Waals surface area contributed by atoms with E-state index in [1.54, 1.807) is 39.2 Å². The van der Waals surface area contributed by atoms with Crippen LogP contribution in [0.3, 0.4) is 0 Å². The second-order valence-electron chi connectivity index (χ2n) is 6.22. The summed E-state index contributed by atoms with van der Waals surface area (Å²) >= 11 is 0. The van der Waals surface area contributed by atoms with Gasteiger partial charge in [0.1, 0.15) is 0 Å². The molecule has 2 rings (SSSR count). The molecule has 21 heavy (non-hydrogen) atoms. The summed E-state index contributed by atoms with van der Waals surface area (Å²) in [6.07, 6.45) is 2.43. The largest absolute Gasteiger partial charge is 0.383 e. The van der Waals surface area contributed by atoms with E-state index in [1.165, 1.54) is 12.8 Å². The van der Waals surface area contributed by atoms with Gasteiger partial charge in [0.05, 0.1) is 17.0 Å². The minimum absolute atomic E-state index is 0.293. The van der Waals surface area contributed by atoms with Crippen molar-refractivity contribution in [1.82, 2.24) is 10.0 Å². The lowest BCUT2D eigenvalue weighted by molar-refractivity contribution is 0.141. The first kappa shape index (κ1) is 16.4. The molecule has 0 atom stereocenters. The fourth-order valence-corrected chi connectivity index (χ4v) is 3.65. The minimum Gasteiger partial charge on any atom is -0.383 e. The molecule has 0 saturated heterocycles. The molecule has 0 radical (unpaired) electrons. The maximum Gasteiger partial charge on any atom is 0.241 e. The SMILES string of the molecule is COCC(C)(C)NS(=O)(=O)c1cccc(CNC2CC2)c1. The summed E-state index contributed by atoms with van der Waals surface area (Å²) in [4.78, 5) is 0.293. The van der Waals surface area contributed by atoms with E-state index >= 15 is 0 Å². The maximum atomic E-state index is 12.4. The summed E-state index contributed by atoms with van der Waals surface area (Å²) in [6, 6.07) is 7.66. The first-order valence-electron chi connectivity index (χ1n) is 7.18. The molecule has 1 aliphatic rings. The third-order valence-corrected chi connectivity index (χ3v) is 4.99. The van der Waals surface area contributed by atoms with Crippen molar-refractivity contribution >= 4 is 10.0 Å². The van der Waals surface area contributed by atoms with Crippen LogP contribution in [-0.2, 0) is 21.3 Å². The molecular formula is C15H24N2O3S. The first-order valence-corrected chi connectivity index (χ1v) is 8.66. The van der Waals surface area contributed by atoms with Crippen LogP contribution < -0.4 is 10.0 Å². The van der Waals surface area contributed by atoms with Crippen LogP contribution in [0.25, 0.3) is 0 Å². The molecule has 0 spiro atoms. The van der Waals surface area contributed by atoms with E-state index in [9.17, 15) is 8.42 Å². The van der Waals surface area contributed by atoms with Crippen molar-refractivity contribution in [3.63, 3.8) is 0 Å². The Labute approximate surface area is 127 Å². The van der Waals surface area contributed by atoms with Gasteiger partial charge in [-0.25, -0.2) is 13.1 Å². The van der Waals surface area contributed by atoms with Crippen LogP contribution in [0.5, 0.6) is 0 Å². The Kier molecular flexibility index (Phi) is 5.03. The Morgan fingerprint density at radius 2 is 2.05 bits per heavy atom. The van der Waals surface area contributed by atoms with E-state index in [1.807, 2.05) is 6.07 Å². The average molecular weight is 312 g/mol. The number of sulfonamides is 1. The zero-order valence-corrected chi connectivity index (χ0v) is 13.7. The number of methoxy groups -OCH3 is 1. The molecule has 5 nitrogen and oxygen atoms in total. The van der Waals surface area contributed by atoms with Gasteiger partial charge in [-0.2, -0.15) is 0 Å². The van der Waals surface area contributed by atoms with E-state index in [2.05, 4.69) is 10.0 Å². The highest BCUT2D eigenvalue weighted by Crippen LogP contribution is 2.20. The molecule has 1 aromatic carbocycles. The van der Waals surface area contributed by atoms with Gasteiger partial charge in [0, 0.05) is 19.7 Å². The minimum atomic E-state index is -3.54. The van der Waals surface area contributed by atoms with Crippen LogP contribution in [-0.4, -0.2) is 33.7 Å². The van der Waals surface area contributed by atoms with Crippen LogP contribution in [0.1, 0.15) is 32.3 Å². The Hall–Kier alpha value is -0.950. The summed E-state index contributed by atoms with van der Waals surface area (Å²) in [6.45, 7) is 4.61. The maximum absolute atomic E-state index is 12.4. The molecule has 0 heterocycles. The smallest absolute Gasteiger partial charge is 0.241 e. The van der Waals surface area contributed by atoms with Gasteiger partial charge < -0.3 is 10.1 Å². The van der Waals surface area contributed by atoms with Gasteiger partial charge >= 0.3 is 0 Å². The van der Waals surface area contributed by atoms with Gasteiger partial charge in [0.15, 0.2) is 0 Å². The molecular weight excluding hydrogens is 288 g/mol. The van der Waals surface area contributed by atoms with E-state index in [0.717, 1.165) is 5.56 Å². The van der Waals surface area contributed by atoms with Crippen molar-refractivity contribution in [2.24, 2.45) is 0 Å². The quantitative estimate of drug-likeness (QED) is 0.766. The summed E-state index contributed by atoms with van der Waals surface area (Å²) in [5.74, 6) is 0. The highest BCUT2D eigenvalue weighted by Gasteiger charge is 2.26. The van der Waals surface area contributed by atoms with Gasteiger partial charge in [0.2, 0.25) is 10.0 Å². The Balaban J connectivity index is 2.09. The predicted molar refractivity (Wildman–Crippen MR) is 82.6 cm³/mol. The molecule has 0 unspecified atom stereocenters. The molecule has 6 heteroatoms. The number of rotatable bonds is 8. The zero-order valence-electron chi connectivity index (χ0n) is 12.8. The summed E-state index contributed by atoms with van der Waals surface area (Å²) in [7, 11) is -1.99. The second kappa shape index (κ2) is 6.44. The molecule has 1 fully saturated rings. The van der Waals surface area contributed by atoms with Crippen molar-refractivity contribution in [1.29, 1.82) is 0 Å². The van der Waals surface area contributed by atoms with Crippen molar-refractivity contribution < 1.29 is 13.2 Å². The van der Waals surface area contributed by atoms with Crippen molar-refractivity contribution in [3.8, 4) is 0 Å². The number of nitrogens with one attached hydrogen (secondary N) is 2. The Morgan fingerprint density at radius 3 is 2.67 bits per heavy atom. The molecule has 0 aliphatic heterocycles. The third kappa shape index (κ3) is 5.07. The van der Waals surface area contributed by atoms with Crippen LogP contribution >= 0.6 is 0 Å². The Morgan fingerprint density at radius 1 is 1.33 bits per heavy atom. The van der Waals surface area contributed by atoms with E-state index < -0.39 is 15.6 Å². The van der Waals surface area contributed by atoms with E-state index in [4.69, 9.17) is 4.74 Å². The molecule has 2 N–H and O–H groups in total. The molecule has 118 valence electrons. The van der Waals surface area contributed by atoms with Gasteiger partial charge in [-0.3, -0.25) is 0 Å². The molecule has 1 saturated carbocycles. The van der Waals surface area contributed by atoms with Crippen LogP contribution in [0.4, 0.5) is 0 Å². The van der Waals surface area contributed by atoms with Crippen LogP contribution in [0.2, 0.25) is 0 Å². The highest BCUT2D eigenvalue weighted by molar-refractivity contribution is 7.89. The summed E-state index contributed by atoms with van der Waals surface area (Å²) < 4.78 is 32.6. The summed E-state index contributed by atoms with van der Waals surface area (Å²) in [5, 5.41) is 3.38. The molecule has 0 bridgehead atoms. The fourth-order valence-electron chi connectivity index (χ4n) is 2.19. The van der Waals surface area contributed by atoms with Crippen LogP contribution in [0.15, 0.2) is 29.2 Å². The highest BCUT2D eigenvalue weighted by atomic mass is 32.2. The molecule has 1 aliphatic carbocycles. The van der Waals surface area contributed by atoms with Crippen molar-refractivity contribution in [3.05, 3.63) is 29.8 Å². The van der Waals surface area contributed by atoms with E-state index in [0.29, 0.717) is 24.1 Å². The van der Waals surface area contributed by atoms with Gasteiger partial charge in [0.25, 0.3) is 0 Å². The average Bonchev–Trinajstić information content (AvgIpc) is 3.19. The third-order valence-electron chi connectivity index (χ3n) is 3.30. The van der Waals surface area contributed by atoms with Gasteiger partial charge in [-0.15, -0.1) is 0 Å². The number of hydrogen-bond acceptors (Lipinski definition) is 4. The lowest BCUT2D eigenvalue weighted by Crippen LogP contribution is -2.46. The number of hydrogen-bond donors (Lipinski definition) is 2. The van der Waals surface area contributed by atoms with Crippen molar-refractivity contribution in [2.75, 3.05) is 13.7 Å². The van der Waals surface area contributed by atoms with Crippen molar-refractivity contribution in [2.45, 2.75) is 49.7 Å².